The lowest BCUT2D eigenvalue weighted by atomic mass is 9.68. The summed E-state index contributed by atoms with van der Waals surface area (Å²) in [6, 6.07) is 11.5. The Labute approximate surface area is 146 Å². The SMILES string of the molecule is O=C1Nc2cc(F)ccc2C12c1cc(F)ccc1Oc1ccc(F)cc12. The lowest BCUT2D eigenvalue weighted by molar-refractivity contribution is -0.118. The maximum absolute atomic E-state index is 14.0. The minimum Gasteiger partial charge on any atom is -0.457 e. The van der Waals surface area contributed by atoms with E-state index >= 15 is 0 Å². The third kappa shape index (κ3) is 1.76. The molecule has 0 radical (unpaired) electrons. The molecule has 0 aromatic heterocycles. The summed E-state index contributed by atoms with van der Waals surface area (Å²) in [6.45, 7) is 0. The van der Waals surface area contributed by atoms with Crippen molar-refractivity contribution in [2.45, 2.75) is 5.41 Å². The van der Waals surface area contributed by atoms with Crippen molar-refractivity contribution in [2.24, 2.45) is 0 Å². The van der Waals surface area contributed by atoms with Gasteiger partial charge in [-0.25, -0.2) is 13.2 Å². The van der Waals surface area contributed by atoms with E-state index in [0.29, 0.717) is 5.56 Å². The van der Waals surface area contributed by atoms with Crippen molar-refractivity contribution >= 4 is 11.6 Å². The van der Waals surface area contributed by atoms with E-state index in [9.17, 15) is 18.0 Å². The van der Waals surface area contributed by atoms with Crippen LogP contribution in [0.5, 0.6) is 11.5 Å². The molecule has 1 spiro atoms. The largest absolute Gasteiger partial charge is 0.457 e. The predicted octanol–water partition coefficient (Wildman–Crippen LogP) is 4.50. The Morgan fingerprint density at radius 1 is 0.731 bits per heavy atom. The van der Waals surface area contributed by atoms with E-state index in [-0.39, 0.29) is 28.3 Å². The van der Waals surface area contributed by atoms with Crippen molar-refractivity contribution in [1.29, 1.82) is 0 Å². The Bertz CT molecular complexity index is 1060. The van der Waals surface area contributed by atoms with Crippen LogP contribution in [0.3, 0.4) is 0 Å². The van der Waals surface area contributed by atoms with Gasteiger partial charge in [0.2, 0.25) is 5.91 Å². The smallest absolute Gasteiger partial charge is 0.244 e. The quantitative estimate of drug-likeness (QED) is 0.646. The molecule has 6 heteroatoms. The second-order valence-corrected chi connectivity index (χ2v) is 6.28. The van der Waals surface area contributed by atoms with Gasteiger partial charge in [0.25, 0.3) is 0 Å². The Hall–Kier alpha value is -3.28. The van der Waals surface area contributed by atoms with E-state index < -0.39 is 28.8 Å². The summed E-state index contributed by atoms with van der Waals surface area (Å²) in [5, 5.41) is 2.64. The molecule has 26 heavy (non-hydrogen) atoms. The summed E-state index contributed by atoms with van der Waals surface area (Å²) in [6.07, 6.45) is 0. The maximum atomic E-state index is 14.0. The van der Waals surface area contributed by atoms with Crippen LogP contribution in [0.2, 0.25) is 0 Å². The molecule has 1 amide bonds. The molecule has 0 atom stereocenters. The van der Waals surface area contributed by atoms with Crippen molar-refractivity contribution < 1.29 is 22.7 Å². The normalized spacial score (nSPS) is 15.7. The first-order valence-corrected chi connectivity index (χ1v) is 7.89. The molecule has 0 fully saturated rings. The fraction of sp³-hybridized carbons (Fsp3) is 0.0500. The molecule has 0 aliphatic carbocycles. The summed E-state index contributed by atoms with van der Waals surface area (Å²) in [7, 11) is 0. The van der Waals surface area contributed by atoms with Crippen molar-refractivity contribution in [3.05, 3.63) is 88.7 Å². The topological polar surface area (TPSA) is 38.3 Å². The van der Waals surface area contributed by atoms with Gasteiger partial charge in [-0.3, -0.25) is 4.79 Å². The van der Waals surface area contributed by atoms with E-state index in [1.807, 2.05) is 0 Å². The number of hydrogen-bond donors (Lipinski definition) is 1. The molecule has 1 N–H and O–H groups in total. The number of fused-ring (bicyclic) bond motifs is 6. The minimum absolute atomic E-state index is 0.249. The second-order valence-electron chi connectivity index (χ2n) is 6.28. The average Bonchev–Trinajstić information content (AvgIpc) is 2.88. The third-order valence-corrected chi connectivity index (χ3v) is 4.89. The minimum atomic E-state index is -1.52. The fourth-order valence-corrected chi connectivity index (χ4v) is 3.85. The van der Waals surface area contributed by atoms with Gasteiger partial charge in [-0.2, -0.15) is 0 Å². The monoisotopic (exact) mass is 353 g/mol. The first-order valence-electron chi connectivity index (χ1n) is 7.89. The summed E-state index contributed by atoms with van der Waals surface area (Å²) in [4.78, 5) is 13.1. The molecule has 128 valence electrons. The highest BCUT2D eigenvalue weighted by Gasteiger charge is 2.55. The molecule has 2 aliphatic rings. The van der Waals surface area contributed by atoms with E-state index in [2.05, 4.69) is 5.32 Å². The number of carbonyl (C=O) groups is 1. The lowest BCUT2D eigenvalue weighted by Gasteiger charge is -2.35. The number of benzene rings is 3. The molecule has 3 aromatic carbocycles. The van der Waals surface area contributed by atoms with Crippen molar-refractivity contribution in [3.63, 3.8) is 0 Å². The molecule has 3 nitrogen and oxygen atoms in total. The Kier molecular flexibility index (Phi) is 2.82. The van der Waals surface area contributed by atoms with Gasteiger partial charge in [0.05, 0.1) is 0 Å². The van der Waals surface area contributed by atoms with Crippen LogP contribution < -0.4 is 10.1 Å². The molecule has 3 aromatic rings. The van der Waals surface area contributed by atoms with Crippen molar-refractivity contribution in [3.8, 4) is 11.5 Å². The first-order chi connectivity index (χ1) is 12.5. The van der Waals surface area contributed by atoms with E-state index in [0.717, 1.165) is 0 Å². The zero-order chi connectivity index (χ0) is 18.1. The van der Waals surface area contributed by atoms with Crippen molar-refractivity contribution in [1.82, 2.24) is 0 Å². The Morgan fingerprint density at radius 3 is 1.88 bits per heavy atom. The van der Waals surface area contributed by atoms with Gasteiger partial charge >= 0.3 is 0 Å². The van der Waals surface area contributed by atoms with Crippen molar-refractivity contribution in [2.75, 3.05) is 5.32 Å². The molecule has 2 heterocycles. The number of rotatable bonds is 0. The predicted molar refractivity (Wildman–Crippen MR) is 87.8 cm³/mol. The van der Waals surface area contributed by atoms with E-state index in [1.54, 1.807) is 0 Å². The number of amides is 1. The van der Waals surface area contributed by atoms with Crippen LogP contribution in [-0.4, -0.2) is 5.91 Å². The number of nitrogens with one attached hydrogen (secondary N) is 1. The zero-order valence-corrected chi connectivity index (χ0v) is 13.1. The zero-order valence-electron chi connectivity index (χ0n) is 13.1. The first kappa shape index (κ1) is 15.0. The average molecular weight is 353 g/mol. The fourth-order valence-electron chi connectivity index (χ4n) is 3.85. The molecule has 0 saturated heterocycles. The molecule has 2 aliphatic heterocycles. The summed E-state index contributed by atoms with van der Waals surface area (Å²) >= 11 is 0. The van der Waals surface area contributed by atoms with E-state index in [1.165, 1.54) is 54.6 Å². The third-order valence-electron chi connectivity index (χ3n) is 4.89. The highest BCUT2D eigenvalue weighted by atomic mass is 19.1. The van der Waals surface area contributed by atoms with Crippen LogP contribution in [0.4, 0.5) is 18.9 Å². The van der Waals surface area contributed by atoms with Crippen LogP contribution in [-0.2, 0) is 10.2 Å². The number of anilines is 1. The van der Waals surface area contributed by atoms with Gasteiger partial charge in [-0.15, -0.1) is 0 Å². The number of hydrogen-bond acceptors (Lipinski definition) is 2. The number of halogens is 3. The summed E-state index contributed by atoms with van der Waals surface area (Å²) < 4.78 is 47.5. The standard InChI is InChI=1S/C20H10F3NO2/c21-10-2-5-17-14(7-10)20(15-8-11(22)3-6-18(15)26-17)13-4-1-12(23)9-16(13)24-19(20)25/h1-9H,(H,24,25). The van der Waals surface area contributed by atoms with Crippen LogP contribution >= 0.6 is 0 Å². The van der Waals surface area contributed by atoms with Crippen LogP contribution in [0.25, 0.3) is 0 Å². The van der Waals surface area contributed by atoms with Gasteiger partial charge in [0.15, 0.2) is 0 Å². The lowest BCUT2D eigenvalue weighted by Crippen LogP contribution is -2.39. The molecule has 0 saturated carbocycles. The Balaban J connectivity index is 1.95. The molecular formula is C20H10F3NO2. The summed E-state index contributed by atoms with van der Waals surface area (Å²) in [5.41, 5.74) is -0.332. The van der Waals surface area contributed by atoms with Gasteiger partial charge in [-0.1, -0.05) is 6.07 Å². The maximum Gasteiger partial charge on any atom is 0.244 e. The van der Waals surface area contributed by atoms with Crippen LogP contribution in [0.15, 0.2) is 54.6 Å². The summed E-state index contributed by atoms with van der Waals surface area (Å²) in [5.74, 6) is -1.58. The second kappa shape index (κ2) is 4.88. The van der Waals surface area contributed by atoms with Crippen LogP contribution in [0.1, 0.15) is 16.7 Å². The number of ether oxygens (including phenoxy) is 1. The highest BCUT2D eigenvalue weighted by Crippen LogP contribution is 2.56. The van der Waals surface area contributed by atoms with E-state index in [4.69, 9.17) is 4.74 Å². The molecular weight excluding hydrogens is 343 g/mol. The Morgan fingerprint density at radius 2 is 1.27 bits per heavy atom. The highest BCUT2D eigenvalue weighted by molar-refractivity contribution is 6.12. The number of carbonyl (C=O) groups excluding carboxylic acids is 1. The molecule has 5 rings (SSSR count). The van der Waals surface area contributed by atoms with Gasteiger partial charge in [-0.05, 0) is 48.5 Å². The molecule has 0 bridgehead atoms. The van der Waals surface area contributed by atoms with Gasteiger partial charge < -0.3 is 10.1 Å². The van der Waals surface area contributed by atoms with Gasteiger partial charge in [0.1, 0.15) is 34.4 Å². The van der Waals surface area contributed by atoms with Crippen LogP contribution in [0, 0.1) is 17.5 Å². The van der Waals surface area contributed by atoms with Gasteiger partial charge in [0, 0.05) is 22.4 Å². The molecule has 0 unspecified atom stereocenters.